The molecule has 0 spiro atoms. The van der Waals surface area contributed by atoms with Crippen LogP contribution in [-0.2, 0) is 11.3 Å². The molecule has 0 unspecified atom stereocenters. The number of rotatable bonds is 5. The molecule has 0 bridgehead atoms. The largest absolute Gasteiger partial charge is 0.481 e. The molecule has 0 radical (unpaired) electrons. The summed E-state index contributed by atoms with van der Waals surface area (Å²) in [4.78, 5) is 23.1. The van der Waals surface area contributed by atoms with Crippen molar-refractivity contribution >= 4 is 11.5 Å². The number of aryl methyl sites for hydroxylation is 1. The predicted molar refractivity (Wildman–Crippen MR) is 70.1 cm³/mol. The molecule has 102 valence electrons. The van der Waals surface area contributed by atoms with Gasteiger partial charge in [-0.15, -0.1) is 0 Å². The van der Waals surface area contributed by atoms with Gasteiger partial charge in [0.15, 0.2) is 0 Å². The van der Waals surface area contributed by atoms with Crippen LogP contribution >= 0.6 is 0 Å². The van der Waals surface area contributed by atoms with Crippen molar-refractivity contribution in [3.63, 3.8) is 0 Å². The highest BCUT2D eigenvalue weighted by atomic mass is 16.4. The van der Waals surface area contributed by atoms with Crippen molar-refractivity contribution in [2.75, 3.05) is 0 Å². The summed E-state index contributed by atoms with van der Waals surface area (Å²) in [6.07, 6.45) is 6.15. The van der Waals surface area contributed by atoms with Crippen molar-refractivity contribution in [3.8, 4) is 0 Å². The fourth-order valence-corrected chi connectivity index (χ4v) is 1.94. The summed E-state index contributed by atoms with van der Waals surface area (Å²) in [5.41, 5.74) is -0.335. The van der Waals surface area contributed by atoms with Gasteiger partial charge in [-0.05, 0) is 32.8 Å². The highest BCUT2D eigenvalue weighted by Crippen LogP contribution is 2.22. The van der Waals surface area contributed by atoms with Crippen LogP contribution in [0.2, 0.25) is 0 Å². The first-order valence-corrected chi connectivity index (χ1v) is 6.18. The van der Waals surface area contributed by atoms with Crippen molar-refractivity contribution < 1.29 is 9.90 Å². The zero-order valence-corrected chi connectivity index (χ0v) is 11.0. The zero-order chi connectivity index (χ0) is 14.0. The van der Waals surface area contributed by atoms with Gasteiger partial charge < -0.3 is 9.67 Å². The number of hydrogen-bond donors (Lipinski definition) is 1. The Balaban J connectivity index is 2.08. The number of carboxylic acids is 1. The molecule has 6 heteroatoms. The van der Waals surface area contributed by atoms with Crippen molar-refractivity contribution in [2.24, 2.45) is 5.41 Å². The number of nitrogens with zero attached hydrogens (tertiary/aromatic N) is 3. The fraction of sp³-hybridized carbons (Fsp3) is 0.462. The number of carbonyl (C=O) groups is 1. The maximum Gasteiger partial charge on any atom is 0.309 e. The average molecular weight is 263 g/mol. The monoisotopic (exact) mass is 263 g/mol. The minimum Gasteiger partial charge on any atom is -0.481 e. The van der Waals surface area contributed by atoms with Gasteiger partial charge in [0.1, 0.15) is 5.52 Å². The summed E-state index contributed by atoms with van der Waals surface area (Å²) in [7, 11) is 0. The standard InChI is InChI=1S/C13H17N3O3/c1-13(2,12(18)19)5-3-7-15-8-9-16-10(11(15)17)4-6-14-16/h4,6,8-9H,3,5,7H2,1-2H3,(H,18,19). The van der Waals surface area contributed by atoms with E-state index in [4.69, 9.17) is 5.11 Å². The van der Waals surface area contributed by atoms with Crippen LogP contribution in [0.25, 0.3) is 5.52 Å². The van der Waals surface area contributed by atoms with Crippen LogP contribution in [0.5, 0.6) is 0 Å². The molecule has 1 N–H and O–H groups in total. The van der Waals surface area contributed by atoms with Crippen LogP contribution in [0.15, 0.2) is 29.5 Å². The molecule has 0 aromatic carbocycles. The zero-order valence-electron chi connectivity index (χ0n) is 11.0. The Morgan fingerprint density at radius 2 is 2.16 bits per heavy atom. The van der Waals surface area contributed by atoms with E-state index in [0.29, 0.717) is 24.9 Å². The predicted octanol–water partition coefficient (Wildman–Crippen LogP) is 1.39. The molecular weight excluding hydrogens is 246 g/mol. The van der Waals surface area contributed by atoms with Gasteiger partial charge in [0.05, 0.1) is 11.6 Å². The summed E-state index contributed by atoms with van der Waals surface area (Å²) in [6, 6.07) is 1.67. The van der Waals surface area contributed by atoms with E-state index in [-0.39, 0.29) is 5.56 Å². The number of fused-ring (bicyclic) bond motifs is 1. The van der Waals surface area contributed by atoms with Crippen LogP contribution in [-0.4, -0.2) is 25.3 Å². The molecule has 2 aromatic rings. The summed E-state index contributed by atoms with van der Waals surface area (Å²) >= 11 is 0. The Kier molecular flexibility index (Phi) is 3.42. The minimum atomic E-state index is -0.814. The van der Waals surface area contributed by atoms with Gasteiger partial charge in [-0.3, -0.25) is 9.59 Å². The molecule has 0 amide bonds. The van der Waals surface area contributed by atoms with Crippen LogP contribution < -0.4 is 5.56 Å². The first-order chi connectivity index (χ1) is 8.92. The quantitative estimate of drug-likeness (QED) is 0.884. The van der Waals surface area contributed by atoms with E-state index in [1.54, 1.807) is 43.1 Å². The lowest BCUT2D eigenvalue weighted by Crippen LogP contribution is -2.26. The van der Waals surface area contributed by atoms with Crippen molar-refractivity contribution in [3.05, 3.63) is 35.0 Å². The topological polar surface area (TPSA) is 76.6 Å². The van der Waals surface area contributed by atoms with Crippen molar-refractivity contribution in [1.82, 2.24) is 14.2 Å². The van der Waals surface area contributed by atoms with E-state index in [0.717, 1.165) is 0 Å². The Morgan fingerprint density at radius 3 is 2.84 bits per heavy atom. The number of carboxylic acid groups (broad SMARTS) is 1. The first kappa shape index (κ1) is 13.3. The maximum absolute atomic E-state index is 12.1. The number of hydrogen-bond acceptors (Lipinski definition) is 3. The third-order valence-corrected chi connectivity index (χ3v) is 3.32. The molecule has 0 aliphatic heterocycles. The van der Waals surface area contributed by atoms with E-state index >= 15 is 0 Å². The van der Waals surface area contributed by atoms with E-state index in [2.05, 4.69) is 5.10 Å². The Labute approximate surface area is 110 Å². The second-order valence-corrected chi connectivity index (χ2v) is 5.25. The van der Waals surface area contributed by atoms with Gasteiger partial charge in [0.25, 0.3) is 5.56 Å². The van der Waals surface area contributed by atoms with Crippen molar-refractivity contribution in [1.29, 1.82) is 0 Å². The molecule has 2 aromatic heterocycles. The molecule has 2 rings (SSSR count). The maximum atomic E-state index is 12.1. The van der Waals surface area contributed by atoms with Crippen LogP contribution in [0, 0.1) is 5.41 Å². The van der Waals surface area contributed by atoms with Gasteiger partial charge in [-0.2, -0.15) is 5.10 Å². The van der Waals surface area contributed by atoms with Gasteiger partial charge in [0, 0.05) is 18.9 Å². The van der Waals surface area contributed by atoms with Crippen molar-refractivity contribution in [2.45, 2.75) is 33.2 Å². The van der Waals surface area contributed by atoms with Gasteiger partial charge in [0.2, 0.25) is 0 Å². The lowest BCUT2D eigenvalue weighted by atomic mass is 9.88. The smallest absolute Gasteiger partial charge is 0.309 e. The Hall–Kier alpha value is -2.11. The van der Waals surface area contributed by atoms with Crippen LogP contribution in [0.1, 0.15) is 26.7 Å². The molecule has 0 fully saturated rings. The molecule has 0 saturated carbocycles. The summed E-state index contributed by atoms with van der Waals surface area (Å²) < 4.78 is 3.12. The van der Waals surface area contributed by atoms with Crippen LogP contribution in [0.3, 0.4) is 0 Å². The van der Waals surface area contributed by atoms with Gasteiger partial charge >= 0.3 is 5.97 Å². The highest BCUT2D eigenvalue weighted by molar-refractivity contribution is 5.73. The van der Waals surface area contributed by atoms with Gasteiger partial charge in [-0.1, -0.05) is 0 Å². The van der Waals surface area contributed by atoms with E-state index in [9.17, 15) is 9.59 Å². The Morgan fingerprint density at radius 1 is 1.42 bits per heavy atom. The molecule has 0 aliphatic carbocycles. The number of aliphatic carboxylic acids is 1. The minimum absolute atomic E-state index is 0.104. The van der Waals surface area contributed by atoms with Gasteiger partial charge in [-0.25, -0.2) is 4.52 Å². The Bertz CT molecular complexity index is 654. The molecule has 0 saturated heterocycles. The summed E-state index contributed by atoms with van der Waals surface area (Å²) in [6.45, 7) is 3.90. The second kappa shape index (κ2) is 4.87. The molecular formula is C13H17N3O3. The molecule has 0 atom stereocenters. The summed E-state index contributed by atoms with van der Waals surface area (Å²) in [5.74, 6) is -0.814. The first-order valence-electron chi connectivity index (χ1n) is 6.18. The van der Waals surface area contributed by atoms with E-state index in [1.165, 1.54) is 4.52 Å². The van der Waals surface area contributed by atoms with E-state index in [1.807, 2.05) is 0 Å². The average Bonchev–Trinajstić information content (AvgIpc) is 2.80. The third-order valence-electron chi connectivity index (χ3n) is 3.32. The SMILES string of the molecule is CC(C)(CCCn1ccn2nccc2c1=O)C(=O)O. The normalized spacial score (nSPS) is 11.9. The lowest BCUT2D eigenvalue weighted by molar-refractivity contribution is -0.147. The summed E-state index contributed by atoms with van der Waals surface area (Å²) in [5, 5.41) is 13.0. The molecule has 19 heavy (non-hydrogen) atoms. The van der Waals surface area contributed by atoms with E-state index < -0.39 is 11.4 Å². The third kappa shape index (κ3) is 2.67. The fourth-order valence-electron chi connectivity index (χ4n) is 1.94. The van der Waals surface area contributed by atoms with Crippen LogP contribution in [0.4, 0.5) is 0 Å². The number of aromatic nitrogens is 3. The lowest BCUT2D eigenvalue weighted by Gasteiger charge is -2.18. The highest BCUT2D eigenvalue weighted by Gasteiger charge is 2.26. The molecule has 0 aliphatic rings. The molecule has 6 nitrogen and oxygen atoms in total. The molecule has 2 heterocycles. The second-order valence-electron chi connectivity index (χ2n) is 5.25.